The van der Waals surface area contributed by atoms with Gasteiger partial charge in [-0.25, -0.2) is 4.79 Å². The molecule has 4 heteroatoms. The van der Waals surface area contributed by atoms with Gasteiger partial charge in [-0.15, -0.1) is 0 Å². The summed E-state index contributed by atoms with van der Waals surface area (Å²) in [6.45, 7) is 9.39. The summed E-state index contributed by atoms with van der Waals surface area (Å²) in [5.74, 6) is 0.708. The predicted octanol–water partition coefficient (Wildman–Crippen LogP) is 7.45. The SMILES string of the molecule is CC(C)c1cccc(C(C)C)c1NC(=O)NCCC1(c2cn(C)c3ccccc23)CCCC1. The number of aryl methyl sites for hydroxylation is 1. The molecule has 1 fully saturated rings. The summed E-state index contributed by atoms with van der Waals surface area (Å²) in [5.41, 5.74) is 6.25. The van der Waals surface area contributed by atoms with Crippen LogP contribution in [0.4, 0.5) is 10.5 Å². The maximum atomic E-state index is 13.0. The Morgan fingerprint density at radius 3 is 2.24 bits per heavy atom. The predicted molar refractivity (Wildman–Crippen MR) is 139 cm³/mol. The molecule has 2 N–H and O–H groups in total. The quantitative estimate of drug-likeness (QED) is 0.390. The maximum absolute atomic E-state index is 13.0. The topological polar surface area (TPSA) is 46.1 Å². The Kier molecular flexibility index (Phi) is 6.83. The smallest absolute Gasteiger partial charge is 0.319 e. The average Bonchev–Trinajstić information content (AvgIpc) is 3.39. The van der Waals surface area contributed by atoms with Crippen LogP contribution in [0.25, 0.3) is 10.9 Å². The van der Waals surface area contributed by atoms with Crippen molar-refractivity contribution >= 4 is 22.6 Å². The van der Waals surface area contributed by atoms with Crippen molar-refractivity contribution in [3.8, 4) is 0 Å². The van der Waals surface area contributed by atoms with Gasteiger partial charge in [-0.1, -0.05) is 76.9 Å². The highest BCUT2D eigenvalue weighted by molar-refractivity contribution is 5.91. The van der Waals surface area contributed by atoms with E-state index < -0.39 is 0 Å². The third-order valence-corrected chi connectivity index (χ3v) is 7.53. The van der Waals surface area contributed by atoms with Crippen molar-refractivity contribution in [1.82, 2.24) is 9.88 Å². The van der Waals surface area contributed by atoms with E-state index in [1.165, 1.54) is 53.3 Å². The molecular formula is C29H39N3O. The van der Waals surface area contributed by atoms with Crippen molar-refractivity contribution in [1.29, 1.82) is 0 Å². The Labute approximate surface area is 198 Å². The van der Waals surface area contributed by atoms with Crippen LogP contribution >= 0.6 is 0 Å². The van der Waals surface area contributed by atoms with E-state index in [2.05, 4.69) is 98.6 Å². The first kappa shape index (κ1) is 23.4. The minimum Gasteiger partial charge on any atom is -0.350 e. The van der Waals surface area contributed by atoms with Crippen LogP contribution in [-0.4, -0.2) is 17.1 Å². The molecule has 0 unspecified atom stereocenters. The molecule has 176 valence electrons. The number of hydrogen-bond acceptors (Lipinski definition) is 1. The molecular weight excluding hydrogens is 406 g/mol. The minimum absolute atomic E-state index is 0.101. The Bertz CT molecular complexity index is 1090. The third kappa shape index (κ3) is 4.66. The Hall–Kier alpha value is -2.75. The van der Waals surface area contributed by atoms with Crippen LogP contribution in [-0.2, 0) is 12.5 Å². The first-order valence-electron chi connectivity index (χ1n) is 12.5. The fourth-order valence-corrected chi connectivity index (χ4v) is 5.74. The number of rotatable bonds is 7. The molecule has 0 saturated heterocycles. The number of hydrogen-bond donors (Lipinski definition) is 2. The zero-order chi connectivity index (χ0) is 23.6. The largest absolute Gasteiger partial charge is 0.350 e. The van der Waals surface area contributed by atoms with E-state index in [1.807, 2.05) is 0 Å². The van der Waals surface area contributed by atoms with E-state index in [-0.39, 0.29) is 11.4 Å². The molecule has 2 aromatic carbocycles. The van der Waals surface area contributed by atoms with E-state index in [1.54, 1.807) is 0 Å². The van der Waals surface area contributed by atoms with Gasteiger partial charge in [0.15, 0.2) is 0 Å². The molecule has 0 bridgehead atoms. The lowest BCUT2D eigenvalue weighted by Crippen LogP contribution is -2.34. The van der Waals surface area contributed by atoms with Gasteiger partial charge >= 0.3 is 6.03 Å². The van der Waals surface area contributed by atoms with Crippen molar-refractivity contribution in [3.05, 3.63) is 65.4 Å². The Morgan fingerprint density at radius 1 is 0.970 bits per heavy atom. The number of fused-ring (bicyclic) bond motifs is 1. The van der Waals surface area contributed by atoms with Gasteiger partial charge < -0.3 is 15.2 Å². The number of benzene rings is 2. The number of anilines is 1. The van der Waals surface area contributed by atoms with Gasteiger partial charge in [0.1, 0.15) is 0 Å². The Morgan fingerprint density at radius 2 is 1.61 bits per heavy atom. The Balaban J connectivity index is 1.49. The second kappa shape index (κ2) is 9.62. The zero-order valence-corrected chi connectivity index (χ0v) is 20.9. The molecule has 0 spiro atoms. The zero-order valence-electron chi connectivity index (χ0n) is 20.9. The lowest BCUT2D eigenvalue weighted by molar-refractivity contribution is 0.250. The van der Waals surface area contributed by atoms with Crippen molar-refractivity contribution in [3.63, 3.8) is 0 Å². The normalized spacial score (nSPS) is 15.5. The van der Waals surface area contributed by atoms with Crippen LogP contribution in [0.1, 0.15) is 88.3 Å². The second-order valence-corrected chi connectivity index (χ2v) is 10.4. The van der Waals surface area contributed by atoms with Crippen molar-refractivity contribution in [2.24, 2.45) is 7.05 Å². The molecule has 2 amide bonds. The number of nitrogens with zero attached hydrogens (tertiary/aromatic N) is 1. The molecule has 4 nitrogen and oxygen atoms in total. The van der Waals surface area contributed by atoms with Gasteiger partial charge in [-0.2, -0.15) is 0 Å². The van der Waals surface area contributed by atoms with Gasteiger partial charge in [0.25, 0.3) is 0 Å². The van der Waals surface area contributed by atoms with E-state index in [9.17, 15) is 4.79 Å². The van der Waals surface area contributed by atoms with Gasteiger partial charge in [-0.3, -0.25) is 0 Å². The minimum atomic E-state index is -0.101. The number of nitrogens with one attached hydrogen (secondary N) is 2. The van der Waals surface area contributed by atoms with Gasteiger partial charge in [0.05, 0.1) is 0 Å². The molecule has 3 aromatic rings. The summed E-state index contributed by atoms with van der Waals surface area (Å²) in [5, 5.41) is 7.74. The highest BCUT2D eigenvalue weighted by atomic mass is 16.2. The maximum Gasteiger partial charge on any atom is 0.319 e. The van der Waals surface area contributed by atoms with Crippen molar-refractivity contribution < 1.29 is 4.79 Å². The van der Waals surface area contributed by atoms with Gasteiger partial charge in [0.2, 0.25) is 0 Å². The third-order valence-electron chi connectivity index (χ3n) is 7.53. The molecule has 4 rings (SSSR count). The number of aromatic nitrogens is 1. The van der Waals surface area contributed by atoms with Crippen LogP contribution in [0.5, 0.6) is 0 Å². The molecule has 0 radical (unpaired) electrons. The van der Waals surface area contributed by atoms with Crippen LogP contribution in [0.15, 0.2) is 48.7 Å². The average molecular weight is 446 g/mol. The van der Waals surface area contributed by atoms with Gasteiger partial charge in [-0.05, 0) is 59.3 Å². The summed E-state index contributed by atoms with van der Waals surface area (Å²) < 4.78 is 2.25. The first-order chi connectivity index (χ1) is 15.8. The summed E-state index contributed by atoms with van der Waals surface area (Å²) in [6, 6.07) is 14.9. The number of carbonyl (C=O) groups excluding carboxylic acids is 1. The van der Waals surface area contributed by atoms with E-state index in [4.69, 9.17) is 0 Å². The summed E-state index contributed by atoms with van der Waals surface area (Å²) in [7, 11) is 2.14. The first-order valence-corrected chi connectivity index (χ1v) is 12.5. The lowest BCUT2D eigenvalue weighted by atomic mass is 9.76. The summed E-state index contributed by atoms with van der Waals surface area (Å²) in [6.07, 6.45) is 8.20. The molecule has 1 saturated carbocycles. The highest BCUT2D eigenvalue weighted by Gasteiger charge is 2.37. The number of amides is 2. The molecule has 0 atom stereocenters. The highest BCUT2D eigenvalue weighted by Crippen LogP contribution is 2.46. The van der Waals surface area contributed by atoms with Crippen LogP contribution in [0.2, 0.25) is 0 Å². The van der Waals surface area contributed by atoms with Crippen LogP contribution in [0.3, 0.4) is 0 Å². The molecule has 1 aromatic heterocycles. The summed E-state index contributed by atoms with van der Waals surface area (Å²) >= 11 is 0. The number of carbonyl (C=O) groups is 1. The van der Waals surface area contributed by atoms with Crippen LogP contribution in [0, 0.1) is 0 Å². The standard InChI is InChI=1S/C29H39N3O/c1-20(2)22-12-10-13-23(21(3)4)27(22)31-28(33)30-18-17-29(15-8-9-16-29)25-19-32(5)26-14-7-6-11-24(25)26/h6-7,10-14,19-21H,8-9,15-18H2,1-5H3,(H2,30,31,33). The van der Waals surface area contributed by atoms with E-state index >= 15 is 0 Å². The fourth-order valence-electron chi connectivity index (χ4n) is 5.74. The van der Waals surface area contributed by atoms with E-state index in [0.717, 1.165) is 12.1 Å². The van der Waals surface area contributed by atoms with Crippen molar-refractivity contribution in [2.45, 2.75) is 77.0 Å². The lowest BCUT2D eigenvalue weighted by Gasteiger charge is -2.29. The number of para-hydroxylation sites is 2. The fraction of sp³-hybridized carbons (Fsp3) is 0.483. The van der Waals surface area contributed by atoms with Crippen molar-refractivity contribution in [2.75, 3.05) is 11.9 Å². The van der Waals surface area contributed by atoms with Gasteiger partial charge in [0, 0.05) is 36.4 Å². The molecule has 1 heterocycles. The molecule has 33 heavy (non-hydrogen) atoms. The summed E-state index contributed by atoms with van der Waals surface area (Å²) in [4.78, 5) is 13.0. The monoisotopic (exact) mass is 445 g/mol. The van der Waals surface area contributed by atoms with E-state index in [0.29, 0.717) is 18.4 Å². The van der Waals surface area contributed by atoms with Crippen LogP contribution < -0.4 is 10.6 Å². The molecule has 1 aliphatic rings. The molecule has 1 aliphatic carbocycles. The number of urea groups is 1. The second-order valence-electron chi connectivity index (χ2n) is 10.4. The molecule has 0 aliphatic heterocycles.